The number of carbonyl (C=O) groups excluding carboxylic acids is 2. The van der Waals surface area contributed by atoms with E-state index < -0.39 is 16.9 Å². The van der Waals surface area contributed by atoms with Crippen molar-refractivity contribution in [3.63, 3.8) is 0 Å². The van der Waals surface area contributed by atoms with E-state index in [2.05, 4.69) is 11.9 Å². The van der Waals surface area contributed by atoms with Gasteiger partial charge in [-0.2, -0.15) is 0 Å². The summed E-state index contributed by atoms with van der Waals surface area (Å²) in [6.45, 7) is 5.49. The quantitative estimate of drug-likeness (QED) is 0.853. The van der Waals surface area contributed by atoms with Crippen molar-refractivity contribution in [3.8, 4) is 0 Å². The zero-order valence-electron chi connectivity index (χ0n) is 13.5. The van der Waals surface area contributed by atoms with Crippen molar-refractivity contribution in [2.75, 3.05) is 16.8 Å². The predicted octanol–water partition coefficient (Wildman–Crippen LogP) is 3.59. The van der Waals surface area contributed by atoms with E-state index in [1.54, 1.807) is 49.4 Å². The molecule has 1 unspecified atom stereocenters. The summed E-state index contributed by atoms with van der Waals surface area (Å²) in [7, 11) is -1.43. The molecule has 1 atom stereocenters. The van der Waals surface area contributed by atoms with Crippen LogP contribution in [0.2, 0.25) is 0 Å². The van der Waals surface area contributed by atoms with Crippen molar-refractivity contribution < 1.29 is 18.5 Å². The summed E-state index contributed by atoms with van der Waals surface area (Å²) in [5.41, 5.74) is 1.41. The van der Waals surface area contributed by atoms with Crippen LogP contribution in [0.1, 0.15) is 6.92 Å². The van der Waals surface area contributed by atoms with E-state index in [1.165, 1.54) is 11.0 Å². The van der Waals surface area contributed by atoms with E-state index in [0.29, 0.717) is 26.9 Å². The first-order valence-corrected chi connectivity index (χ1v) is 8.77. The molecule has 1 N–H and O–H groups in total. The van der Waals surface area contributed by atoms with E-state index in [4.69, 9.17) is 4.74 Å². The maximum atomic E-state index is 12.8. The molecule has 2 aromatic rings. The molecule has 3 rings (SSSR count). The molecule has 1 heterocycles. The third-order valence-electron chi connectivity index (χ3n) is 3.62. The first-order valence-electron chi connectivity index (χ1n) is 7.62. The molecule has 2 aromatic carbocycles. The highest BCUT2D eigenvalue weighted by molar-refractivity contribution is 7.85. The molecule has 0 aromatic heterocycles. The first kappa shape index (κ1) is 16.9. The predicted molar refractivity (Wildman–Crippen MR) is 95.5 cm³/mol. The molecule has 6 nitrogen and oxygen atoms in total. The highest BCUT2D eigenvalue weighted by atomic mass is 32.2. The fourth-order valence-electron chi connectivity index (χ4n) is 2.59. The number of anilines is 3. The summed E-state index contributed by atoms with van der Waals surface area (Å²) >= 11 is 0. The maximum absolute atomic E-state index is 12.8. The van der Waals surface area contributed by atoms with Crippen molar-refractivity contribution in [3.05, 3.63) is 55.1 Å². The molecule has 128 valence electrons. The molecule has 0 aliphatic carbocycles. The van der Waals surface area contributed by atoms with Crippen LogP contribution in [0.25, 0.3) is 0 Å². The van der Waals surface area contributed by atoms with E-state index in [-0.39, 0.29) is 12.5 Å². The minimum atomic E-state index is -1.43. The first-order chi connectivity index (χ1) is 12.1. The Labute approximate surface area is 147 Å². The van der Waals surface area contributed by atoms with Gasteiger partial charge in [0.1, 0.15) is 0 Å². The normalized spacial score (nSPS) is 14.9. The van der Waals surface area contributed by atoms with Crippen LogP contribution >= 0.6 is 0 Å². The average Bonchev–Trinajstić information content (AvgIpc) is 2.62. The van der Waals surface area contributed by atoms with Crippen LogP contribution < -0.4 is 10.2 Å². The fourth-order valence-corrected chi connectivity index (χ4v) is 3.91. The molecule has 0 spiro atoms. The van der Waals surface area contributed by atoms with Gasteiger partial charge in [0.05, 0.1) is 38.6 Å². The SMILES string of the molecule is C=CC(=O)N1c2ccccc2S(=O)c2ccc(NC(=O)OCC)cc21. The number of nitrogens with one attached hydrogen (secondary N) is 1. The zero-order chi connectivity index (χ0) is 18.0. The van der Waals surface area contributed by atoms with Crippen molar-refractivity contribution in [2.24, 2.45) is 0 Å². The number of carbonyl (C=O) groups is 2. The zero-order valence-corrected chi connectivity index (χ0v) is 14.3. The molecule has 1 aliphatic rings. The van der Waals surface area contributed by atoms with E-state index in [1.807, 2.05) is 0 Å². The molecule has 25 heavy (non-hydrogen) atoms. The van der Waals surface area contributed by atoms with Gasteiger partial charge < -0.3 is 4.74 Å². The van der Waals surface area contributed by atoms with Crippen molar-refractivity contribution in [1.29, 1.82) is 0 Å². The van der Waals surface area contributed by atoms with Crippen LogP contribution in [0, 0.1) is 0 Å². The molecule has 7 heteroatoms. The second-order valence-electron chi connectivity index (χ2n) is 5.14. The summed E-state index contributed by atoms with van der Waals surface area (Å²) in [5, 5.41) is 2.59. The Morgan fingerprint density at radius 3 is 2.64 bits per heavy atom. The Hall–Kier alpha value is -2.93. The van der Waals surface area contributed by atoms with Gasteiger partial charge in [-0.25, -0.2) is 9.00 Å². The highest BCUT2D eigenvalue weighted by Gasteiger charge is 2.31. The molecule has 0 saturated carbocycles. The maximum Gasteiger partial charge on any atom is 0.411 e. The second kappa shape index (κ2) is 6.90. The number of hydrogen-bond donors (Lipinski definition) is 1. The number of para-hydroxylation sites is 1. The number of ether oxygens (including phenoxy) is 1. The summed E-state index contributed by atoms with van der Waals surface area (Å²) in [6, 6.07) is 11.8. The van der Waals surface area contributed by atoms with Crippen LogP contribution in [0.3, 0.4) is 0 Å². The molecule has 0 bridgehead atoms. The van der Waals surface area contributed by atoms with Crippen LogP contribution in [-0.4, -0.2) is 22.8 Å². The fraction of sp³-hybridized carbons (Fsp3) is 0.111. The third kappa shape index (κ3) is 3.06. The number of rotatable bonds is 3. The van der Waals surface area contributed by atoms with E-state index in [9.17, 15) is 13.8 Å². The number of fused-ring (bicyclic) bond motifs is 2. The van der Waals surface area contributed by atoms with Crippen molar-refractivity contribution >= 4 is 39.9 Å². The topological polar surface area (TPSA) is 75.7 Å². The van der Waals surface area contributed by atoms with Crippen LogP contribution in [0.4, 0.5) is 21.9 Å². The molecule has 0 fully saturated rings. The van der Waals surface area contributed by atoms with Gasteiger partial charge in [0.2, 0.25) is 0 Å². The summed E-state index contributed by atoms with van der Waals surface area (Å²) in [5.74, 6) is -0.348. The largest absolute Gasteiger partial charge is 0.450 e. The molecule has 2 amide bonds. The minimum Gasteiger partial charge on any atom is -0.450 e. The smallest absolute Gasteiger partial charge is 0.411 e. The lowest BCUT2D eigenvalue weighted by Gasteiger charge is -2.30. The van der Waals surface area contributed by atoms with Crippen LogP contribution in [0.15, 0.2) is 64.9 Å². The highest BCUT2D eigenvalue weighted by Crippen LogP contribution is 2.43. The number of amides is 2. The molecule has 0 saturated heterocycles. The number of benzene rings is 2. The van der Waals surface area contributed by atoms with Crippen LogP contribution in [0.5, 0.6) is 0 Å². The molecule has 1 aliphatic heterocycles. The summed E-state index contributed by atoms with van der Waals surface area (Å²) < 4.78 is 17.7. The lowest BCUT2D eigenvalue weighted by atomic mass is 10.2. The molecule has 0 radical (unpaired) electrons. The van der Waals surface area contributed by atoms with E-state index in [0.717, 1.165) is 0 Å². The average molecular weight is 356 g/mol. The summed E-state index contributed by atoms with van der Waals surface area (Å²) in [4.78, 5) is 26.5. The van der Waals surface area contributed by atoms with Gasteiger partial charge in [0.15, 0.2) is 0 Å². The third-order valence-corrected chi connectivity index (χ3v) is 5.11. The van der Waals surface area contributed by atoms with Crippen molar-refractivity contribution in [1.82, 2.24) is 0 Å². The van der Waals surface area contributed by atoms with Gasteiger partial charge in [-0.15, -0.1) is 0 Å². The lowest BCUT2D eigenvalue weighted by molar-refractivity contribution is -0.113. The van der Waals surface area contributed by atoms with Gasteiger partial charge in [-0.05, 0) is 43.3 Å². The van der Waals surface area contributed by atoms with Crippen LogP contribution in [-0.2, 0) is 20.3 Å². The number of nitrogens with zero attached hydrogens (tertiary/aromatic N) is 1. The number of hydrogen-bond acceptors (Lipinski definition) is 4. The van der Waals surface area contributed by atoms with Gasteiger partial charge in [0.25, 0.3) is 5.91 Å². The Bertz CT molecular complexity index is 894. The monoisotopic (exact) mass is 356 g/mol. The second-order valence-corrected chi connectivity index (χ2v) is 6.56. The standard InChI is InChI=1S/C18H16N2O4S/c1-3-17(21)20-13-7-5-6-8-15(13)25(23)16-10-9-12(11-14(16)20)19-18(22)24-4-2/h3,5-11H,1,4H2,2H3,(H,19,22). The molecular formula is C18H16N2O4S. The summed E-state index contributed by atoms with van der Waals surface area (Å²) in [6.07, 6.45) is 0.599. The van der Waals surface area contributed by atoms with Gasteiger partial charge >= 0.3 is 6.09 Å². The lowest BCUT2D eigenvalue weighted by Crippen LogP contribution is -2.29. The van der Waals surface area contributed by atoms with Gasteiger partial charge in [-0.1, -0.05) is 18.7 Å². The van der Waals surface area contributed by atoms with Crippen molar-refractivity contribution in [2.45, 2.75) is 16.7 Å². The van der Waals surface area contributed by atoms with E-state index >= 15 is 0 Å². The Kier molecular flexibility index (Phi) is 4.67. The minimum absolute atomic E-state index is 0.245. The Balaban J connectivity index is 2.11. The Morgan fingerprint density at radius 2 is 1.92 bits per heavy atom. The molecular weight excluding hydrogens is 340 g/mol. The Morgan fingerprint density at radius 1 is 1.20 bits per heavy atom. The van der Waals surface area contributed by atoms with Gasteiger partial charge in [0, 0.05) is 5.69 Å². The van der Waals surface area contributed by atoms with Gasteiger partial charge in [-0.3, -0.25) is 15.0 Å².